The smallest absolute Gasteiger partial charge is 0.191 e. The van der Waals surface area contributed by atoms with E-state index < -0.39 is 11.3 Å². The van der Waals surface area contributed by atoms with E-state index >= 15 is 0 Å². The zero-order valence-corrected chi connectivity index (χ0v) is 16.4. The molecule has 134 valence electrons. The van der Waals surface area contributed by atoms with Crippen molar-refractivity contribution in [1.29, 1.82) is 15.8 Å². The van der Waals surface area contributed by atoms with Crippen LogP contribution in [-0.2, 0) is 0 Å². The van der Waals surface area contributed by atoms with Crippen molar-refractivity contribution >= 4 is 15.9 Å². The molecule has 1 saturated heterocycles. The molecule has 27 heavy (non-hydrogen) atoms. The summed E-state index contributed by atoms with van der Waals surface area (Å²) in [6.45, 7) is 0. The first kappa shape index (κ1) is 17.8. The SMILES string of the molecule is CN1[C@@H]2C=C3C(C#N)=C(N)C(C#N)(C#N)[C@@H](c4ccc(Br)cc4)[C@@H]3[C@H]1CC2. The van der Waals surface area contributed by atoms with Crippen LogP contribution >= 0.6 is 15.9 Å². The molecule has 2 heterocycles. The van der Waals surface area contributed by atoms with E-state index in [0.29, 0.717) is 5.57 Å². The van der Waals surface area contributed by atoms with Gasteiger partial charge in [-0.05, 0) is 43.2 Å². The van der Waals surface area contributed by atoms with Crippen LogP contribution < -0.4 is 5.73 Å². The van der Waals surface area contributed by atoms with E-state index in [-0.39, 0.29) is 23.7 Å². The molecule has 2 bridgehead atoms. The summed E-state index contributed by atoms with van der Waals surface area (Å²) >= 11 is 3.45. The van der Waals surface area contributed by atoms with Crippen LogP contribution in [-0.4, -0.2) is 24.0 Å². The molecular formula is C21H18BrN5. The Hall–Kier alpha value is -2.59. The number of hydrogen-bond donors (Lipinski definition) is 1. The van der Waals surface area contributed by atoms with Gasteiger partial charge < -0.3 is 5.73 Å². The van der Waals surface area contributed by atoms with Crippen LogP contribution in [0.4, 0.5) is 0 Å². The summed E-state index contributed by atoms with van der Waals surface area (Å²) in [7, 11) is 2.09. The molecule has 6 heteroatoms. The van der Waals surface area contributed by atoms with Gasteiger partial charge >= 0.3 is 0 Å². The van der Waals surface area contributed by atoms with Gasteiger partial charge in [-0.3, -0.25) is 4.90 Å². The first-order valence-corrected chi connectivity index (χ1v) is 9.70. The molecule has 1 aromatic rings. The van der Waals surface area contributed by atoms with Crippen molar-refractivity contribution < 1.29 is 0 Å². The summed E-state index contributed by atoms with van der Waals surface area (Å²) in [4.78, 5) is 2.32. The maximum absolute atomic E-state index is 10.1. The molecule has 0 unspecified atom stereocenters. The van der Waals surface area contributed by atoms with E-state index in [1.54, 1.807) is 0 Å². The van der Waals surface area contributed by atoms with Crippen molar-refractivity contribution in [2.24, 2.45) is 17.1 Å². The van der Waals surface area contributed by atoms with Gasteiger partial charge in [0.1, 0.15) is 6.07 Å². The van der Waals surface area contributed by atoms with Gasteiger partial charge in [0.05, 0.1) is 23.4 Å². The van der Waals surface area contributed by atoms with Gasteiger partial charge in [0.15, 0.2) is 5.41 Å². The molecule has 1 aromatic carbocycles. The number of nitrogens with two attached hydrogens (primary N) is 1. The average Bonchev–Trinajstić information content (AvgIpc) is 2.91. The van der Waals surface area contributed by atoms with Crippen LogP contribution in [0.5, 0.6) is 0 Å². The van der Waals surface area contributed by atoms with E-state index in [4.69, 9.17) is 5.73 Å². The van der Waals surface area contributed by atoms with Crippen LogP contribution in [0.1, 0.15) is 24.3 Å². The Kier molecular flexibility index (Phi) is 4.11. The van der Waals surface area contributed by atoms with Crippen molar-refractivity contribution in [3.8, 4) is 18.2 Å². The molecule has 1 aliphatic carbocycles. The third kappa shape index (κ3) is 2.29. The number of likely N-dealkylation sites (N-methyl/N-ethyl adjacent to an activating group) is 1. The molecule has 0 saturated carbocycles. The lowest BCUT2D eigenvalue weighted by Gasteiger charge is -2.48. The number of benzene rings is 1. The summed E-state index contributed by atoms with van der Waals surface area (Å²) in [5, 5.41) is 30.0. The molecule has 4 rings (SSSR count). The minimum Gasteiger partial charge on any atom is -0.399 e. The molecule has 2 N–H and O–H groups in total. The van der Waals surface area contributed by atoms with Gasteiger partial charge in [-0.2, -0.15) is 15.8 Å². The molecule has 2 aliphatic heterocycles. The first-order chi connectivity index (χ1) is 13.0. The fraction of sp³-hybridized carbons (Fsp3) is 0.381. The Balaban J connectivity index is 2.04. The highest BCUT2D eigenvalue weighted by atomic mass is 79.9. The van der Waals surface area contributed by atoms with Crippen molar-refractivity contribution in [2.75, 3.05) is 7.05 Å². The molecular weight excluding hydrogens is 402 g/mol. The molecule has 1 fully saturated rings. The number of rotatable bonds is 1. The third-order valence-electron chi connectivity index (χ3n) is 6.45. The van der Waals surface area contributed by atoms with Gasteiger partial charge in [0, 0.05) is 28.4 Å². The van der Waals surface area contributed by atoms with E-state index in [1.165, 1.54) is 0 Å². The van der Waals surface area contributed by atoms with Gasteiger partial charge in [-0.25, -0.2) is 0 Å². The van der Waals surface area contributed by atoms with Gasteiger partial charge in [0.25, 0.3) is 0 Å². The minimum atomic E-state index is -1.56. The molecule has 5 nitrogen and oxygen atoms in total. The zero-order chi connectivity index (χ0) is 19.3. The molecule has 0 radical (unpaired) electrons. The van der Waals surface area contributed by atoms with Crippen molar-refractivity contribution in [1.82, 2.24) is 4.90 Å². The van der Waals surface area contributed by atoms with Crippen LogP contribution in [0.25, 0.3) is 0 Å². The lowest BCUT2D eigenvalue weighted by molar-refractivity contribution is 0.160. The molecule has 0 spiro atoms. The molecule has 0 amide bonds. The largest absolute Gasteiger partial charge is 0.399 e. The number of nitriles is 3. The number of halogens is 1. The van der Waals surface area contributed by atoms with E-state index in [0.717, 1.165) is 28.5 Å². The number of nitrogens with zero attached hydrogens (tertiary/aromatic N) is 4. The standard InChI is InChI=1S/C21H18BrN5/c1-27-14-6-7-17(27)18-15(8-14)16(9-23)20(26)21(10-24,11-25)19(18)12-2-4-13(22)5-3-12/h2-5,8,14,17-19H,6-7,26H2,1H3/t14-,17+,18-,19-/m0/s1. The summed E-state index contributed by atoms with van der Waals surface area (Å²) < 4.78 is 0.931. The maximum atomic E-state index is 10.1. The first-order valence-electron chi connectivity index (χ1n) is 8.90. The Bertz CT molecular complexity index is 971. The fourth-order valence-corrected chi connectivity index (χ4v) is 5.40. The quantitative estimate of drug-likeness (QED) is 0.751. The highest BCUT2D eigenvalue weighted by Crippen LogP contribution is 2.58. The van der Waals surface area contributed by atoms with Crippen LogP contribution in [0.3, 0.4) is 0 Å². The van der Waals surface area contributed by atoms with Crippen LogP contribution in [0.15, 0.2) is 51.7 Å². The summed E-state index contributed by atoms with van der Waals surface area (Å²) in [6.07, 6.45) is 4.12. The topological polar surface area (TPSA) is 101 Å². The van der Waals surface area contributed by atoms with E-state index in [2.05, 4.69) is 52.2 Å². The highest BCUT2D eigenvalue weighted by molar-refractivity contribution is 9.10. The minimum absolute atomic E-state index is 0.0920. The predicted octanol–water partition coefficient (Wildman–Crippen LogP) is 3.34. The molecule has 4 atom stereocenters. The zero-order valence-electron chi connectivity index (χ0n) is 14.9. The van der Waals surface area contributed by atoms with Crippen molar-refractivity contribution in [3.63, 3.8) is 0 Å². The van der Waals surface area contributed by atoms with Gasteiger partial charge in [0.2, 0.25) is 0 Å². The van der Waals surface area contributed by atoms with E-state index in [1.807, 2.05) is 24.3 Å². The van der Waals surface area contributed by atoms with Crippen molar-refractivity contribution in [3.05, 3.63) is 57.2 Å². The second kappa shape index (κ2) is 6.24. The Labute approximate surface area is 167 Å². The second-order valence-corrected chi connectivity index (χ2v) is 8.40. The number of allylic oxidation sites excluding steroid dienone is 2. The van der Waals surface area contributed by atoms with Crippen LogP contribution in [0, 0.1) is 45.3 Å². The Morgan fingerprint density at radius 1 is 1.15 bits per heavy atom. The second-order valence-electron chi connectivity index (χ2n) is 7.49. The summed E-state index contributed by atoms with van der Waals surface area (Å²) in [6, 6.07) is 14.8. The summed E-state index contributed by atoms with van der Waals surface area (Å²) in [5.41, 5.74) is 7.01. The average molecular weight is 420 g/mol. The van der Waals surface area contributed by atoms with Crippen LogP contribution in [0.2, 0.25) is 0 Å². The monoisotopic (exact) mass is 419 g/mol. The van der Waals surface area contributed by atoms with Gasteiger partial charge in [-0.1, -0.05) is 34.1 Å². The maximum Gasteiger partial charge on any atom is 0.191 e. The molecule has 3 aliphatic rings. The molecule has 0 aromatic heterocycles. The Morgan fingerprint density at radius 2 is 1.81 bits per heavy atom. The van der Waals surface area contributed by atoms with E-state index in [9.17, 15) is 15.8 Å². The third-order valence-corrected chi connectivity index (χ3v) is 6.98. The Morgan fingerprint density at radius 3 is 2.41 bits per heavy atom. The van der Waals surface area contributed by atoms with Crippen molar-refractivity contribution in [2.45, 2.75) is 30.8 Å². The normalized spacial score (nSPS) is 31.3. The number of fused-ring (bicyclic) bond motifs is 4. The highest BCUT2D eigenvalue weighted by Gasteiger charge is 2.58. The predicted molar refractivity (Wildman–Crippen MR) is 104 cm³/mol. The lowest BCUT2D eigenvalue weighted by Crippen LogP contribution is -2.51. The summed E-state index contributed by atoms with van der Waals surface area (Å²) in [5.74, 6) is -0.536. The van der Waals surface area contributed by atoms with Gasteiger partial charge in [-0.15, -0.1) is 0 Å². The fourth-order valence-electron chi connectivity index (χ4n) is 5.13. The lowest BCUT2D eigenvalue weighted by atomic mass is 9.56. The number of hydrogen-bond acceptors (Lipinski definition) is 5.